The standard InChI is InChI=1S/C41H50F2N2O4/c1-5-22-45(39(48)44-28(3)30-11-7-6-8-12-30)26-41(49)21-19-35-33-17-14-29(23-32(46)16-13-27(2)10-9-20-40(35,41)4)24-34(33)38(47)31-15-18-36(42)37(43)25-31/h6-8,10-12,14-15,17-18,24-25,28,32,35,46,49H,5,9,13,16,19-23,26H2,1-4H3,(H,44,48). The second-order valence-corrected chi connectivity index (χ2v) is 14.4. The van der Waals surface area contributed by atoms with Gasteiger partial charge in [0.15, 0.2) is 17.4 Å². The Hall–Kier alpha value is -3.88. The fraction of sp³-hybridized carbons (Fsp3) is 0.463. The fourth-order valence-corrected chi connectivity index (χ4v) is 7.93. The van der Waals surface area contributed by atoms with E-state index in [4.69, 9.17) is 0 Å². The first-order chi connectivity index (χ1) is 23.3. The number of rotatable bonds is 8. The van der Waals surface area contributed by atoms with E-state index in [1.54, 1.807) is 11.0 Å². The number of amides is 2. The third-order valence-electron chi connectivity index (χ3n) is 11.0. The van der Waals surface area contributed by atoms with Crippen LogP contribution in [0.2, 0.25) is 0 Å². The molecule has 1 fully saturated rings. The highest BCUT2D eigenvalue weighted by molar-refractivity contribution is 6.10. The van der Waals surface area contributed by atoms with Crippen LogP contribution in [0.3, 0.4) is 0 Å². The molecule has 0 radical (unpaired) electrons. The van der Waals surface area contributed by atoms with Gasteiger partial charge in [-0.2, -0.15) is 0 Å². The van der Waals surface area contributed by atoms with Crippen molar-refractivity contribution in [3.8, 4) is 0 Å². The maximum Gasteiger partial charge on any atom is 0.317 e. The Kier molecular flexibility index (Phi) is 11.4. The summed E-state index contributed by atoms with van der Waals surface area (Å²) < 4.78 is 28.2. The number of fused-ring (bicyclic) bond motifs is 8. The average molecular weight is 673 g/mol. The summed E-state index contributed by atoms with van der Waals surface area (Å²) >= 11 is 0. The Bertz CT molecular complexity index is 1680. The SMILES string of the molecule is CCCN(CC1(O)CCC2c3ccc(cc3C(=O)c3ccc(F)c(F)c3)CC(O)CCC(C)=CCCC21C)C(=O)NC(C)c1ccccc1. The fourth-order valence-electron chi connectivity index (χ4n) is 7.93. The van der Waals surface area contributed by atoms with Gasteiger partial charge in [0.25, 0.3) is 0 Å². The zero-order valence-corrected chi connectivity index (χ0v) is 29.1. The molecule has 2 amide bonds. The summed E-state index contributed by atoms with van der Waals surface area (Å²) in [4.78, 5) is 29.6. The second kappa shape index (κ2) is 15.3. The summed E-state index contributed by atoms with van der Waals surface area (Å²) in [6, 6.07) is 18.1. The molecule has 6 nitrogen and oxygen atoms in total. The normalized spacial score (nSPS) is 24.8. The molecule has 3 aromatic rings. The maximum atomic E-state index is 14.3. The summed E-state index contributed by atoms with van der Waals surface area (Å²) in [5.41, 5.74) is 2.02. The minimum absolute atomic E-state index is 0.0332. The molecule has 8 heteroatoms. The highest BCUT2D eigenvalue weighted by Crippen LogP contribution is 2.59. The van der Waals surface area contributed by atoms with Crippen molar-refractivity contribution >= 4 is 11.8 Å². The number of halogens is 2. The zero-order valence-electron chi connectivity index (χ0n) is 29.1. The number of allylic oxidation sites excluding steroid dienone is 2. The Morgan fingerprint density at radius 1 is 1.02 bits per heavy atom. The molecule has 0 saturated heterocycles. The number of nitrogens with zero attached hydrogens (tertiary/aromatic N) is 1. The van der Waals surface area contributed by atoms with Gasteiger partial charge in [-0.05, 0) is 112 Å². The number of urea groups is 1. The lowest BCUT2D eigenvalue weighted by Gasteiger charge is -2.46. The van der Waals surface area contributed by atoms with E-state index in [-0.39, 0.29) is 30.1 Å². The Morgan fingerprint density at radius 3 is 2.49 bits per heavy atom. The smallest absolute Gasteiger partial charge is 0.317 e. The largest absolute Gasteiger partial charge is 0.393 e. The number of ketones is 1. The van der Waals surface area contributed by atoms with Crippen LogP contribution in [0.4, 0.5) is 13.6 Å². The molecule has 2 bridgehead atoms. The molecule has 1 saturated carbocycles. The van der Waals surface area contributed by atoms with Gasteiger partial charge in [-0.15, -0.1) is 0 Å². The van der Waals surface area contributed by atoms with E-state index in [0.29, 0.717) is 63.5 Å². The van der Waals surface area contributed by atoms with Crippen LogP contribution in [0.1, 0.15) is 117 Å². The minimum atomic E-state index is -1.28. The quantitative estimate of drug-likeness (QED) is 0.166. The van der Waals surface area contributed by atoms with Crippen LogP contribution >= 0.6 is 0 Å². The van der Waals surface area contributed by atoms with Crippen molar-refractivity contribution in [2.75, 3.05) is 13.1 Å². The molecule has 0 aromatic heterocycles. The van der Waals surface area contributed by atoms with Gasteiger partial charge in [0.2, 0.25) is 0 Å². The van der Waals surface area contributed by atoms with Gasteiger partial charge in [0.05, 0.1) is 24.3 Å². The van der Waals surface area contributed by atoms with Crippen molar-refractivity contribution in [1.29, 1.82) is 0 Å². The first-order valence-electron chi connectivity index (χ1n) is 17.6. The van der Waals surface area contributed by atoms with Crippen molar-refractivity contribution in [1.82, 2.24) is 10.2 Å². The van der Waals surface area contributed by atoms with Crippen LogP contribution in [0.5, 0.6) is 0 Å². The Labute approximate surface area is 289 Å². The molecule has 49 heavy (non-hydrogen) atoms. The molecule has 3 N–H and O–H groups in total. The van der Waals surface area contributed by atoms with Crippen molar-refractivity contribution in [3.05, 3.63) is 118 Å². The number of aliphatic hydroxyl groups is 2. The lowest BCUT2D eigenvalue weighted by molar-refractivity contribution is -0.0770. The van der Waals surface area contributed by atoms with Gasteiger partial charge >= 0.3 is 6.03 Å². The molecule has 5 unspecified atom stereocenters. The third kappa shape index (κ3) is 7.97. The monoisotopic (exact) mass is 672 g/mol. The van der Waals surface area contributed by atoms with E-state index in [9.17, 15) is 28.6 Å². The number of carbonyl (C=O) groups is 2. The van der Waals surface area contributed by atoms with Gasteiger partial charge in [0.1, 0.15) is 0 Å². The highest BCUT2D eigenvalue weighted by Gasteiger charge is 2.57. The molecular weight excluding hydrogens is 622 g/mol. The van der Waals surface area contributed by atoms with E-state index >= 15 is 0 Å². The molecule has 0 spiro atoms. The van der Waals surface area contributed by atoms with Crippen LogP contribution in [-0.4, -0.2) is 51.7 Å². The summed E-state index contributed by atoms with van der Waals surface area (Å²) in [7, 11) is 0. The minimum Gasteiger partial charge on any atom is -0.393 e. The Morgan fingerprint density at radius 2 is 1.78 bits per heavy atom. The number of benzene rings is 3. The maximum absolute atomic E-state index is 14.3. The molecule has 3 aliphatic rings. The number of nitrogens with one attached hydrogen (secondary N) is 1. The molecular formula is C41H50F2N2O4. The summed E-state index contributed by atoms with van der Waals surface area (Å²) in [6.07, 6.45) is 6.15. The Balaban J connectivity index is 1.55. The van der Waals surface area contributed by atoms with Crippen LogP contribution < -0.4 is 5.32 Å². The number of hydrogen-bond donors (Lipinski definition) is 3. The van der Waals surface area contributed by atoms with Crippen LogP contribution in [0.15, 0.2) is 78.4 Å². The van der Waals surface area contributed by atoms with Crippen LogP contribution in [0.25, 0.3) is 0 Å². The molecule has 262 valence electrons. The van der Waals surface area contributed by atoms with Crippen molar-refractivity contribution < 1.29 is 28.6 Å². The van der Waals surface area contributed by atoms with E-state index in [0.717, 1.165) is 28.8 Å². The first-order valence-corrected chi connectivity index (χ1v) is 17.6. The number of carbonyl (C=O) groups excluding carboxylic acids is 2. The summed E-state index contributed by atoms with van der Waals surface area (Å²) in [6.45, 7) is 8.67. The lowest BCUT2D eigenvalue weighted by Crippen LogP contribution is -2.55. The van der Waals surface area contributed by atoms with E-state index in [2.05, 4.69) is 25.2 Å². The predicted octanol–water partition coefficient (Wildman–Crippen LogP) is 8.42. The molecule has 6 rings (SSSR count). The van der Waals surface area contributed by atoms with Crippen molar-refractivity contribution in [3.63, 3.8) is 0 Å². The average Bonchev–Trinajstić information content (AvgIpc) is 3.33. The van der Waals surface area contributed by atoms with Crippen LogP contribution in [0, 0.1) is 17.0 Å². The predicted molar refractivity (Wildman–Crippen MR) is 188 cm³/mol. The summed E-state index contributed by atoms with van der Waals surface area (Å²) in [5, 5.41) is 26.7. The first kappa shape index (κ1) is 36.4. The van der Waals surface area contributed by atoms with Gasteiger partial charge in [0, 0.05) is 23.1 Å². The van der Waals surface area contributed by atoms with Gasteiger partial charge < -0.3 is 20.4 Å². The van der Waals surface area contributed by atoms with Gasteiger partial charge in [-0.25, -0.2) is 13.6 Å². The topological polar surface area (TPSA) is 89.9 Å². The molecule has 5 atom stereocenters. The van der Waals surface area contributed by atoms with E-state index in [1.807, 2.05) is 56.3 Å². The van der Waals surface area contributed by atoms with Crippen molar-refractivity contribution in [2.24, 2.45) is 5.41 Å². The zero-order chi connectivity index (χ0) is 35.3. The van der Waals surface area contributed by atoms with E-state index < -0.39 is 34.5 Å². The highest BCUT2D eigenvalue weighted by atomic mass is 19.2. The van der Waals surface area contributed by atoms with Crippen molar-refractivity contribution in [2.45, 2.75) is 103 Å². The lowest BCUT2D eigenvalue weighted by atomic mass is 9.64. The molecule has 0 aliphatic heterocycles. The number of hydrogen-bond acceptors (Lipinski definition) is 4. The number of aliphatic hydroxyl groups excluding tert-OH is 1. The molecule has 3 aliphatic carbocycles. The van der Waals surface area contributed by atoms with Gasteiger partial charge in [-0.3, -0.25) is 4.79 Å². The van der Waals surface area contributed by atoms with Gasteiger partial charge in [-0.1, -0.05) is 68.0 Å². The molecule has 3 aromatic carbocycles. The second-order valence-electron chi connectivity index (χ2n) is 14.4. The van der Waals surface area contributed by atoms with Crippen LogP contribution in [-0.2, 0) is 6.42 Å². The third-order valence-corrected chi connectivity index (χ3v) is 11.0. The molecule has 0 heterocycles. The van der Waals surface area contributed by atoms with E-state index in [1.165, 1.54) is 11.6 Å². The summed E-state index contributed by atoms with van der Waals surface area (Å²) in [5.74, 6) is -2.84.